The maximum absolute atomic E-state index is 7.69. The van der Waals surface area contributed by atoms with Crippen LogP contribution in [0.4, 0.5) is 0 Å². The molecule has 11 N–H and O–H groups in total. The maximum Gasteiger partial charge on any atom is 0.285 e. The summed E-state index contributed by atoms with van der Waals surface area (Å²) in [4.78, 5) is 12.8. The highest BCUT2D eigenvalue weighted by atomic mass is 16.5. The number of aromatic nitrogens is 5. The highest BCUT2D eigenvalue weighted by Crippen LogP contribution is 2.18. The van der Waals surface area contributed by atoms with E-state index in [9.17, 15) is 0 Å². The van der Waals surface area contributed by atoms with Crippen molar-refractivity contribution in [1.82, 2.24) is 52.2 Å². The van der Waals surface area contributed by atoms with Crippen molar-refractivity contribution >= 4 is 35.2 Å². The van der Waals surface area contributed by atoms with E-state index in [0.29, 0.717) is 99.9 Å². The van der Waals surface area contributed by atoms with Gasteiger partial charge in [0.05, 0.1) is 35.7 Å². The van der Waals surface area contributed by atoms with Crippen LogP contribution in [0.15, 0.2) is 97.7 Å². The number of likely N-dealkylation sites (tertiary alicyclic amines) is 5. The van der Waals surface area contributed by atoms with Gasteiger partial charge in [-0.1, -0.05) is 18.2 Å². The van der Waals surface area contributed by atoms with Gasteiger partial charge in [-0.05, 0) is 303 Å². The molecular formula is C88H156N22O. The Morgan fingerprint density at radius 3 is 0.748 bits per heavy atom. The van der Waals surface area contributed by atoms with Crippen molar-refractivity contribution in [2.45, 2.75) is 337 Å². The molecule has 11 rings (SSSR count). The molecule has 1 atom stereocenters. The third kappa shape index (κ3) is 37.0. The first-order valence-corrected chi connectivity index (χ1v) is 41.2. The summed E-state index contributed by atoms with van der Waals surface area (Å²) in [5.74, 6) is 4.14. The fourth-order valence-electron chi connectivity index (χ4n) is 12.9. The molecule has 11 heterocycles. The molecule has 0 saturated carbocycles. The lowest BCUT2D eigenvalue weighted by Crippen LogP contribution is -2.39. The SMILES string of the molecule is CC(C)N1CCCC1=N.CC(C)N1CCCC1=N.CC(C)N1CCCC1=N.CC(C)N1CCCCC1=N.CC(C)N1CCCCC1=N.CC(C)n1ccccc1=N.CC1CN(C(C)C)C(=N)O1.Cc1cccn(C(C)C)c1=N.Cc1cccn(C(C)C)c1=N.Cc1ccn(C(C)C)c(=N)c1.Cc1ccn(C(C)C)c(=N)c1. The van der Waals surface area contributed by atoms with E-state index in [1.807, 2.05) is 154 Å². The van der Waals surface area contributed by atoms with Crippen LogP contribution in [-0.2, 0) is 4.74 Å². The molecule has 5 aromatic heterocycles. The molecule has 23 nitrogen and oxygen atoms in total. The normalized spacial score (nSPS) is 15.9. The molecule has 23 heteroatoms. The zero-order valence-electron chi connectivity index (χ0n) is 74.2. The van der Waals surface area contributed by atoms with E-state index in [4.69, 9.17) is 64.2 Å². The van der Waals surface area contributed by atoms with Crippen LogP contribution in [0.2, 0.25) is 0 Å². The first-order valence-electron chi connectivity index (χ1n) is 41.2. The van der Waals surface area contributed by atoms with Gasteiger partial charge >= 0.3 is 0 Å². The molecule has 0 radical (unpaired) electrons. The van der Waals surface area contributed by atoms with Crippen LogP contribution in [-0.4, -0.2) is 169 Å². The maximum atomic E-state index is 7.69. The number of rotatable bonds is 11. The van der Waals surface area contributed by atoms with Gasteiger partial charge in [-0.25, -0.2) is 0 Å². The summed E-state index contributed by atoms with van der Waals surface area (Å²) >= 11 is 0. The summed E-state index contributed by atoms with van der Waals surface area (Å²) < 4.78 is 14.8. The number of pyridine rings is 5. The molecule has 624 valence electrons. The number of amidine groups is 6. The van der Waals surface area contributed by atoms with Crippen molar-refractivity contribution in [3.05, 3.63) is 147 Å². The van der Waals surface area contributed by atoms with Crippen LogP contribution in [0.5, 0.6) is 0 Å². The summed E-state index contributed by atoms with van der Waals surface area (Å²) in [6.45, 7) is 62.6. The second kappa shape index (κ2) is 51.8. The van der Waals surface area contributed by atoms with Crippen LogP contribution >= 0.6 is 0 Å². The van der Waals surface area contributed by atoms with Gasteiger partial charge in [0.1, 0.15) is 33.5 Å². The molecule has 0 spiro atoms. The van der Waals surface area contributed by atoms with Crippen LogP contribution in [0.3, 0.4) is 0 Å². The van der Waals surface area contributed by atoms with Gasteiger partial charge in [-0.3, -0.25) is 59.5 Å². The molecule has 111 heavy (non-hydrogen) atoms. The minimum absolute atomic E-state index is 0.190. The molecule has 0 bridgehead atoms. The molecule has 6 aliphatic heterocycles. The quantitative estimate of drug-likeness (QED) is 0.0607. The van der Waals surface area contributed by atoms with E-state index in [-0.39, 0.29) is 6.10 Å². The first-order chi connectivity index (χ1) is 51.9. The Morgan fingerprint density at radius 1 is 0.288 bits per heavy atom. The predicted octanol–water partition coefficient (Wildman–Crippen LogP) is 18.1. The van der Waals surface area contributed by atoms with Crippen molar-refractivity contribution < 1.29 is 4.74 Å². The lowest BCUT2D eigenvalue weighted by molar-refractivity contribution is 0.249. The Labute approximate surface area is 671 Å². The number of aryl methyl sites for hydroxylation is 4. The lowest BCUT2D eigenvalue weighted by Gasteiger charge is -2.32. The second-order valence-corrected chi connectivity index (χ2v) is 32.7. The van der Waals surface area contributed by atoms with Gasteiger partial charge in [-0.15, -0.1) is 0 Å². The zero-order valence-corrected chi connectivity index (χ0v) is 74.2. The number of piperidine rings is 2. The third-order valence-corrected chi connectivity index (χ3v) is 19.5. The van der Waals surface area contributed by atoms with Gasteiger partial charge in [0.25, 0.3) is 6.02 Å². The second-order valence-electron chi connectivity index (χ2n) is 32.7. The van der Waals surface area contributed by atoms with Crippen molar-refractivity contribution in [3.8, 4) is 0 Å². The minimum atomic E-state index is 0.190. The summed E-state index contributed by atoms with van der Waals surface area (Å²) in [6.07, 6.45) is 23.3. The number of hydrogen-bond donors (Lipinski definition) is 11. The highest BCUT2D eigenvalue weighted by molar-refractivity contribution is 5.82. The standard InChI is InChI=1S/4C9H14N2.2C8H16N2.C8H12N2.C7H14N2O.3C7H14N2/c2*1-7(2)11-5-4-8(3)6-9(11)10;2*1-7(2)11-6-4-5-8(3)9(11)10;3*1-7(2)10-6-4-3-5-8(10)9;1-5(2)9-4-6(3)10-7(9)8;3*1-6(2)9-5-3-4-7(9)8/h4*4-7,10H,1-3H3;2*7,9H,3-6H2,1-2H3;3-7,9H,1-2H3;5-6,8H,4H2,1-3H3;3*6,8H,3-5H2,1-2H3. The van der Waals surface area contributed by atoms with Gasteiger partial charge in [0.2, 0.25) is 0 Å². The minimum Gasteiger partial charge on any atom is -0.460 e. The molecule has 5 aromatic rings. The van der Waals surface area contributed by atoms with Gasteiger partial charge < -0.3 is 57.0 Å². The smallest absolute Gasteiger partial charge is 0.285 e. The monoisotopic (exact) mass is 1540 g/mol. The Morgan fingerprint density at radius 2 is 0.559 bits per heavy atom. The third-order valence-electron chi connectivity index (χ3n) is 19.5. The highest BCUT2D eigenvalue weighted by Gasteiger charge is 2.27. The molecular weight excluding hydrogens is 1380 g/mol. The summed E-state index contributed by atoms with van der Waals surface area (Å²) in [5, 5.41) is 83.0. The Kier molecular flexibility index (Phi) is 46.9. The molecule has 6 saturated heterocycles. The molecule has 6 aliphatic rings. The van der Waals surface area contributed by atoms with Crippen molar-refractivity contribution in [3.63, 3.8) is 0 Å². The van der Waals surface area contributed by atoms with Crippen LogP contribution in [0.1, 0.15) is 289 Å². The van der Waals surface area contributed by atoms with Gasteiger partial charge in [-0.2, -0.15) is 0 Å². The van der Waals surface area contributed by atoms with Crippen LogP contribution in [0, 0.1) is 87.2 Å². The van der Waals surface area contributed by atoms with E-state index in [1.165, 1.54) is 44.9 Å². The topological polar surface area (TPSA) is 316 Å². The van der Waals surface area contributed by atoms with Gasteiger partial charge in [0, 0.05) is 162 Å². The summed E-state index contributed by atoms with van der Waals surface area (Å²) in [6, 6.07) is 26.5. The van der Waals surface area contributed by atoms with Crippen LogP contribution < -0.4 is 27.4 Å². The Balaban J connectivity index is 0.000000611. The van der Waals surface area contributed by atoms with E-state index >= 15 is 0 Å². The molecule has 0 aliphatic carbocycles. The fourth-order valence-corrected chi connectivity index (χ4v) is 12.9. The van der Waals surface area contributed by atoms with E-state index in [1.54, 1.807) is 6.07 Å². The Bertz CT molecular complexity index is 3640. The van der Waals surface area contributed by atoms with Crippen molar-refractivity contribution in [2.75, 3.05) is 39.3 Å². The number of nitrogens with one attached hydrogen (secondary N) is 11. The molecule has 0 amide bonds. The van der Waals surface area contributed by atoms with Crippen molar-refractivity contribution in [1.29, 1.82) is 59.5 Å². The van der Waals surface area contributed by atoms with Crippen molar-refractivity contribution in [2.24, 2.45) is 0 Å². The van der Waals surface area contributed by atoms with E-state index in [2.05, 4.69) is 177 Å². The summed E-state index contributed by atoms with van der Waals surface area (Å²) in [5.41, 5.74) is 7.31. The first kappa shape index (κ1) is 100. The number of ether oxygens (including phenoxy) is 1. The lowest BCUT2D eigenvalue weighted by atomic mass is 10.1. The molecule has 6 fully saturated rings. The van der Waals surface area contributed by atoms with E-state index in [0.717, 1.165) is 123 Å². The largest absolute Gasteiger partial charge is 0.460 e. The predicted molar refractivity (Wildman–Crippen MR) is 466 cm³/mol. The number of nitrogens with zero attached hydrogens (tertiary/aromatic N) is 11. The Hall–Kier alpha value is -8.63. The van der Waals surface area contributed by atoms with Crippen LogP contribution in [0.25, 0.3) is 0 Å². The zero-order chi connectivity index (χ0) is 84.7. The average molecular weight is 1540 g/mol. The average Bonchev–Trinajstić information content (AvgIpc) is 1.86. The summed E-state index contributed by atoms with van der Waals surface area (Å²) in [7, 11) is 0. The fraction of sp³-hybridized carbons (Fsp3) is 0.648. The molecule has 0 aromatic carbocycles. The van der Waals surface area contributed by atoms with Gasteiger partial charge in [0.15, 0.2) is 0 Å². The molecule has 1 unspecified atom stereocenters. The number of hydrogen-bond acceptors (Lipinski definition) is 12. The van der Waals surface area contributed by atoms with E-state index < -0.39 is 0 Å².